The van der Waals surface area contributed by atoms with Gasteiger partial charge in [-0.05, 0) is 43.2 Å². The van der Waals surface area contributed by atoms with Crippen molar-refractivity contribution in [1.29, 1.82) is 0 Å². The Labute approximate surface area is 135 Å². The molecule has 3 aromatic rings. The summed E-state index contributed by atoms with van der Waals surface area (Å²) in [7, 11) is 0. The van der Waals surface area contributed by atoms with Gasteiger partial charge in [-0.3, -0.25) is 0 Å². The number of hydrogen-bond acceptors (Lipinski definition) is 5. The topological polar surface area (TPSA) is 49.6 Å². The lowest BCUT2D eigenvalue weighted by Gasteiger charge is -2.37. The number of aryl methyl sites for hydroxylation is 2. The van der Waals surface area contributed by atoms with Crippen molar-refractivity contribution in [3.05, 3.63) is 47.8 Å². The molecular formula is C17H20N6. The Morgan fingerprint density at radius 1 is 0.913 bits per heavy atom. The standard InChI is InChI=1S/C17H20N6/c1-13-3-4-14(2)15(11-13)21-7-9-22(10-8-21)17-6-5-16-19-18-12-23(16)20-17/h3-6,11-12H,7-10H2,1-2H3. The summed E-state index contributed by atoms with van der Waals surface area (Å²) in [6.07, 6.45) is 1.64. The monoisotopic (exact) mass is 308 g/mol. The predicted octanol–water partition coefficient (Wildman–Crippen LogP) is 2.07. The van der Waals surface area contributed by atoms with Gasteiger partial charge in [-0.2, -0.15) is 4.52 Å². The first-order valence-electron chi connectivity index (χ1n) is 7.95. The molecular weight excluding hydrogens is 288 g/mol. The van der Waals surface area contributed by atoms with Gasteiger partial charge in [-0.15, -0.1) is 15.3 Å². The summed E-state index contributed by atoms with van der Waals surface area (Å²) in [6.45, 7) is 8.28. The molecule has 0 radical (unpaired) electrons. The molecule has 3 heterocycles. The van der Waals surface area contributed by atoms with E-state index in [1.807, 2.05) is 12.1 Å². The average molecular weight is 308 g/mol. The molecule has 0 spiro atoms. The average Bonchev–Trinajstić information content (AvgIpc) is 3.05. The lowest BCUT2D eigenvalue weighted by molar-refractivity contribution is 0.640. The second-order valence-electron chi connectivity index (χ2n) is 6.09. The first-order valence-corrected chi connectivity index (χ1v) is 7.95. The van der Waals surface area contributed by atoms with E-state index in [1.54, 1.807) is 10.8 Å². The van der Waals surface area contributed by atoms with Crippen molar-refractivity contribution in [3.8, 4) is 0 Å². The Morgan fingerprint density at radius 2 is 1.70 bits per heavy atom. The summed E-state index contributed by atoms with van der Waals surface area (Å²) in [4.78, 5) is 4.79. The number of benzene rings is 1. The number of hydrogen-bond donors (Lipinski definition) is 0. The molecule has 0 atom stereocenters. The number of anilines is 2. The third-order valence-corrected chi connectivity index (χ3v) is 4.46. The van der Waals surface area contributed by atoms with E-state index in [2.05, 4.69) is 57.1 Å². The van der Waals surface area contributed by atoms with E-state index in [0.717, 1.165) is 37.6 Å². The fraction of sp³-hybridized carbons (Fsp3) is 0.353. The van der Waals surface area contributed by atoms with Crippen LogP contribution in [0.2, 0.25) is 0 Å². The first kappa shape index (κ1) is 14.0. The summed E-state index contributed by atoms with van der Waals surface area (Å²) >= 11 is 0. The minimum absolute atomic E-state index is 0.780. The third kappa shape index (κ3) is 2.60. The summed E-state index contributed by atoms with van der Waals surface area (Å²) in [5, 5.41) is 12.5. The zero-order chi connectivity index (χ0) is 15.8. The minimum atomic E-state index is 0.780. The van der Waals surface area contributed by atoms with Crippen LogP contribution in [0.1, 0.15) is 11.1 Å². The predicted molar refractivity (Wildman–Crippen MR) is 91.1 cm³/mol. The quantitative estimate of drug-likeness (QED) is 0.725. The fourth-order valence-corrected chi connectivity index (χ4v) is 3.12. The van der Waals surface area contributed by atoms with Crippen molar-refractivity contribution in [2.45, 2.75) is 13.8 Å². The number of piperazine rings is 1. The Balaban J connectivity index is 1.51. The van der Waals surface area contributed by atoms with Gasteiger partial charge < -0.3 is 9.80 Å². The molecule has 118 valence electrons. The Bertz CT molecular complexity index is 832. The van der Waals surface area contributed by atoms with Gasteiger partial charge in [0.2, 0.25) is 0 Å². The molecule has 6 nitrogen and oxygen atoms in total. The van der Waals surface area contributed by atoms with Gasteiger partial charge in [0.25, 0.3) is 0 Å². The van der Waals surface area contributed by atoms with Crippen LogP contribution in [0, 0.1) is 13.8 Å². The van der Waals surface area contributed by atoms with Gasteiger partial charge in [-0.1, -0.05) is 12.1 Å². The van der Waals surface area contributed by atoms with Gasteiger partial charge in [0.15, 0.2) is 5.65 Å². The molecule has 1 fully saturated rings. The SMILES string of the molecule is Cc1ccc(C)c(N2CCN(c3ccc4nncn4n3)CC2)c1. The Kier molecular flexibility index (Phi) is 3.37. The van der Waals surface area contributed by atoms with Gasteiger partial charge in [0, 0.05) is 31.9 Å². The summed E-state index contributed by atoms with van der Waals surface area (Å²) < 4.78 is 1.73. The zero-order valence-corrected chi connectivity index (χ0v) is 13.5. The van der Waals surface area contributed by atoms with E-state index in [4.69, 9.17) is 0 Å². The molecule has 1 aliphatic heterocycles. The highest BCUT2D eigenvalue weighted by Crippen LogP contribution is 2.24. The lowest BCUT2D eigenvalue weighted by Crippen LogP contribution is -2.47. The Morgan fingerprint density at radius 3 is 2.52 bits per heavy atom. The van der Waals surface area contributed by atoms with Crippen molar-refractivity contribution in [3.63, 3.8) is 0 Å². The van der Waals surface area contributed by atoms with Crippen molar-refractivity contribution < 1.29 is 0 Å². The van der Waals surface area contributed by atoms with Crippen LogP contribution in [-0.2, 0) is 0 Å². The second-order valence-corrected chi connectivity index (χ2v) is 6.09. The van der Waals surface area contributed by atoms with E-state index in [1.165, 1.54) is 16.8 Å². The summed E-state index contributed by atoms with van der Waals surface area (Å²) in [6, 6.07) is 10.7. The maximum Gasteiger partial charge on any atom is 0.177 e. The van der Waals surface area contributed by atoms with Crippen LogP contribution in [-0.4, -0.2) is 46.0 Å². The Hall–Kier alpha value is -2.63. The number of nitrogens with zero attached hydrogens (tertiary/aromatic N) is 6. The lowest BCUT2D eigenvalue weighted by atomic mass is 10.1. The molecule has 0 saturated carbocycles. The molecule has 0 bridgehead atoms. The number of aromatic nitrogens is 4. The van der Waals surface area contributed by atoms with Gasteiger partial charge >= 0.3 is 0 Å². The van der Waals surface area contributed by atoms with E-state index < -0.39 is 0 Å². The van der Waals surface area contributed by atoms with Gasteiger partial charge in [0.1, 0.15) is 12.1 Å². The molecule has 4 rings (SSSR count). The summed E-state index contributed by atoms with van der Waals surface area (Å²) in [5.74, 6) is 0.984. The van der Waals surface area contributed by atoms with Crippen molar-refractivity contribution in [2.75, 3.05) is 36.0 Å². The molecule has 0 aliphatic carbocycles. The van der Waals surface area contributed by atoms with Crippen LogP contribution in [0.25, 0.3) is 5.65 Å². The largest absolute Gasteiger partial charge is 0.368 e. The van der Waals surface area contributed by atoms with Gasteiger partial charge in [-0.25, -0.2) is 0 Å². The van der Waals surface area contributed by atoms with E-state index in [-0.39, 0.29) is 0 Å². The van der Waals surface area contributed by atoms with E-state index >= 15 is 0 Å². The molecule has 0 amide bonds. The normalized spacial score (nSPS) is 15.4. The molecule has 1 aliphatic rings. The smallest absolute Gasteiger partial charge is 0.177 e. The molecule has 23 heavy (non-hydrogen) atoms. The van der Waals surface area contributed by atoms with Crippen molar-refractivity contribution in [2.24, 2.45) is 0 Å². The van der Waals surface area contributed by atoms with Crippen LogP contribution in [0.3, 0.4) is 0 Å². The second kappa shape index (κ2) is 5.53. The highest BCUT2D eigenvalue weighted by Gasteiger charge is 2.20. The highest BCUT2D eigenvalue weighted by atomic mass is 15.4. The van der Waals surface area contributed by atoms with Crippen LogP contribution in [0.15, 0.2) is 36.7 Å². The number of rotatable bonds is 2. The van der Waals surface area contributed by atoms with Crippen LogP contribution in [0.5, 0.6) is 0 Å². The highest BCUT2D eigenvalue weighted by molar-refractivity contribution is 5.56. The molecule has 6 heteroatoms. The molecule has 0 unspecified atom stereocenters. The molecule has 1 saturated heterocycles. The van der Waals surface area contributed by atoms with Gasteiger partial charge in [0.05, 0.1) is 0 Å². The van der Waals surface area contributed by atoms with Crippen molar-refractivity contribution in [1.82, 2.24) is 19.8 Å². The van der Waals surface area contributed by atoms with E-state index in [9.17, 15) is 0 Å². The van der Waals surface area contributed by atoms with Crippen LogP contribution < -0.4 is 9.80 Å². The van der Waals surface area contributed by atoms with E-state index in [0.29, 0.717) is 0 Å². The maximum absolute atomic E-state index is 4.59. The minimum Gasteiger partial charge on any atom is -0.368 e. The molecule has 1 aromatic carbocycles. The third-order valence-electron chi connectivity index (χ3n) is 4.46. The first-order chi connectivity index (χ1) is 11.2. The summed E-state index contributed by atoms with van der Waals surface area (Å²) in [5.41, 5.74) is 4.79. The fourth-order valence-electron chi connectivity index (χ4n) is 3.12. The maximum atomic E-state index is 4.59. The number of fused-ring (bicyclic) bond motifs is 1. The van der Waals surface area contributed by atoms with Crippen LogP contribution >= 0.6 is 0 Å². The molecule has 2 aromatic heterocycles. The van der Waals surface area contributed by atoms with Crippen molar-refractivity contribution >= 4 is 17.2 Å². The zero-order valence-electron chi connectivity index (χ0n) is 13.5. The molecule has 0 N–H and O–H groups in total. The van der Waals surface area contributed by atoms with Crippen LogP contribution in [0.4, 0.5) is 11.5 Å².